The summed E-state index contributed by atoms with van der Waals surface area (Å²) in [5.41, 5.74) is 1.92. The molecule has 7 heteroatoms. The van der Waals surface area contributed by atoms with Crippen molar-refractivity contribution in [1.82, 2.24) is 14.5 Å². The maximum absolute atomic E-state index is 12.9. The van der Waals surface area contributed by atoms with Crippen molar-refractivity contribution in [3.8, 4) is 0 Å². The van der Waals surface area contributed by atoms with Crippen molar-refractivity contribution in [3.05, 3.63) is 28.8 Å². The van der Waals surface area contributed by atoms with E-state index in [0.29, 0.717) is 30.1 Å². The summed E-state index contributed by atoms with van der Waals surface area (Å²) < 4.78 is 26.8. The molecular formula is C18H29N3O3S. The van der Waals surface area contributed by atoms with Gasteiger partial charge in [0.05, 0.1) is 4.90 Å². The van der Waals surface area contributed by atoms with Crippen LogP contribution in [0.5, 0.6) is 0 Å². The fourth-order valence-corrected chi connectivity index (χ4v) is 4.24. The molecule has 6 nitrogen and oxygen atoms in total. The Kier molecular flexibility index (Phi) is 6.24. The zero-order valence-electron chi connectivity index (χ0n) is 15.8. The number of hydrogen-bond donors (Lipinski definition) is 1. The van der Waals surface area contributed by atoms with E-state index in [9.17, 15) is 13.2 Å². The molecule has 1 N–H and O–H groups in total. The summed E-state index contributed by atoms with van der Waals surface area (Å²) in [5.74, 6) is 0.510. The lowest BCUT2D eigenvalue weighted by atomic mass is 10.0. The molecule has 1 aromatic carbocycles. The first-order valence-corrected chi connectivity index (χ1v) is 10.2. The highest BCUT2D eigenvalue weighted by Crippen LogP contribution is 2.22. The van der Waals surface area contributed by atoms with Gasteiger partial charge < -0.3 is 4.90 Å². The predicted molar refractivity (Wildman–Crippen MR) is 99.3 cm³/mol. The average Bonchev–Trinajstić information content (AvgIpc) is 2.56. The molecule has 0 radical (unpaired) electrons. The molecule has 0 bridgehead atoms. The SMILES string of the molecule is CNS(=O)(=O)c1cc(C(=O)N2CCN(CC(C)C)CC2)cc(C)c1C. The van der Waals surface area contributed by atoms with Crippen LogP contribution in [0.1, 0.15) is 35.3 Å². The second kappa shape index (κ2) is 7.85. The van der Waals surface area contributed by atoms with Crippen LogP contribution in [0.25, 0.3) is 0 Å². The lowest BCUT2D eigenvalue weighted by molar-refractivity contribution is 0.0623. The molecule has 1 aliphatic heterocycles. The molecule has 0 spiro atoms. The lowest BCUT2D eigenvalue weighted by Crippen LogP contribution is -2.49. The average molecular weight is 368 g/mol. The molecule has 1 heterocycles. The van der Waals surface area contributed by atoms with Gasteiger partial charge in [-0.1, -0.05) is 13.8 Å². The Bertz CT molecular complexity index is 736. The molecule has 0 unspecified atom stereocenters. The van der Waals surface area contributed by atoms with E-state index in [1.54, 1.807) is 13.0 Å². The summed E-state index contributed by atoms with van der Waals surface area (Å²) in [4.78, 5) is 17.2. The van der Waals surface area contributed by atoms with Crippen LogP contribution in [0.15, 0.2) is 17.0 Å². The Balaban J connectivity index is 2.21. The normalized spacial score (nSPS) is 16.5. The number of hydrogen-bond acceptors (Lipinski definition) is 4. The first-order chi connectivity index (χ1) is 11.7. The Hall–Kier alpha value is -1.44. The molecule has 2 rings (SSSR count). The number of amides is 1. The maximum Gasteiger partial charge on any atom is 0.253 e. The van der Waals surface area contributed by atoms with Crippen molar-refractivity contribution in [3.63, 3.8) is 0 Å². The van der Waals surface area contributed by atoms with Gasteiger partial charge >= 0.3 is 0 Å². The molecular weight excluding hydrogens is 338 g/mol. The summed E-state index contributed by atoms with van der Waals surface area (Å²) >= 11 is 0. The van der Waals surface area contributed by atoms with E-state index >= 15 is 0 Å². The van der Waals surface area contributed by atoms with E-state index in [1.807, 2.05) is 11.8 Å². The van der Waals surface area contributed by atoms with Crippen molar-refractivity contribution in [2.45, 2.75) is 32.6 Å². The molecule has 0 aliphatic carbocycles. The van der Waals surface area contributed by atoms with Crippen LogP contribution < -0.4 is 4.72 Å². The number of piperazine rings is 1. The van der Waals surface area contributed by atoms with E-state index in [-0.39, 0.29) is 10.8 Å². The highest BCUT2D eigenvalue weighted by molar-refractivity contribution is 7.89. The van der Waals surface area contributed by atoms with E-state index < -0.39 is 10.0 Å². The van der Waals surface area contributed by atoms with Crippen LogP contribution in [0.3, 0.4) is 0 Å². The second-order valence-corrected chi connectivity index (χ2v) is 8.97. The number of carbonyl (C=O) groups is 1. The van der Waals surface area contributed by atoms with Crippen LogP contribution in [0, 0.1) is 19.8 Å². The number of benzene rings is 1. The van der Waals surface area contributed by atoms with Gasteiger partial charge in [-0.2, -0.15) is 0 Å². The van der Waals surface area contributed by atoms with Gasteiger partial charge in [-0.3, -0.25) is 9.69 Å². The third-order valence-corrected chi connectivity index (χ3v) is 6.25. The molecule has 1 aliphatic rings. The van der Waals surface area contributed by atoms with Crippen LogP contribution in [0.4, 0.5) is 0 Å². The zero-order chi connectivity index (χ0) is 18.8. The monoisotopic (exact) mass is 367 g/mol. The quantitative estimate of drug-likeness (QED) is 0.859. The Morgan fingerprint density at radius 3 is 2.28 bits per heavy atom. The Labute approximate surface area is 151 Å². The fraction of sp³-hybridized carbons (Fsp3) is 0.611. The maximum atomic E-state index is 12.9. The zero-order valence-corrected chi connectivity index (χ0v) is 16.6. The number of aryl methyl sites for hydroxylation is 1. The number of carbonyl (C=O) groups excluding carboxylic acids is 1. The summed E-state index contributed by atoms with van der Waals surface area (Å²) in [5, 5.41) is 0. The van der Waals surface area contributed by atoms with Crippen LogP contribution in [-0.2, 0) is 10.0 Å². The van der Waals surface area contributed by atoms with Crippen molar-refractivity contribution < 1.29 is 13.2 Å². The van der Waals surface area contributed by atoms with Crippen molar-refractivity contribution in [2.24, 2.45) is 5.92 Å². The number of nitrogens with zero attached hydrogens (tertiary/aromatic N) is 2. The largest absolute Gasteiger partial charge is 0.336 e. The lowest BCUT2D eigenvalue weighted by Gasteiger charge is -2.35. The molecule has 140 valence electrons. The minimum atomic E-state index is -3.59. The molecule has 25 heavy (non-hydrogen) atoms. The second-order valence-electron chi connectivity index (χ2n) is 7.11. The summed E-state index contributed by atoms with van der Waals surface area (Å²) in [6.07, 6.45) is 0. The molecule has 0 atom stereocenters. The molecule has 1 amide bonds. The van der Waals surface area contributed by atoms with Gasteiger partial charge in [0.1, 0.15) is 0 Å². The summed E-state index contributed by atoms with van der Waals surface area (Å²) in [6.45, 7) is 12.1. The van der Waals surface area contributed by atoms with Gasteiger partial charge in [0, 0.05) is 38.3 Å². The van der Waals surface area contributed by atoms with E-state index in [2.05, 4.69) is 23.5 Å². The number of sulfonamides is 1. The smallest absolute Gasteiger partial charge is 0.253 e. The van der Waals surface area contributed by atoms with Gasteiger partial charge in [0.2, 0.25) is 10.0 Å². The minimum absolute atomic E-state index is 0.0974. The van der Waals surface area contributed by atoms with Gasteiger partial charge in [0.15, 0.2) is 0 Å². The Morgan fingerprint density at radius 1 is 1.16 bits per heavy atom. The molecule has 1 fully saturated rings. The van der Waals surface area contributed by atoms with Crippen LogP contribution >= 0.6 is 0 Å². The van der Waals surface area contributed by atoms with Gasteiger partial charge in [-0.25, -0.2) is 13.1 Å². The van der Waals surface area contributed by atoms with E-state index in [4.69, 9.17) is 0 Å². The topological polar surface area (TPSA) is 69.7 Å². The third kappa shape index (κ3) is 4.59. The fourth-order valence-electron chi connectivity index (χ4n) is 3.17. The van der Waals surface area contributed by atoms with Crippen molar-refractivity contribution in [1.29, 1.82) is 0 Å². The highest BCUT2D eigenvalue weighted by atomic mass is 32.2. The predicted octanol–water partition coefficient (Wildman–Crippen LogP) is 1.63. The van der Waals surface area contributed by atoms with Crippen LogP contribution in [0.2, 0.25) is 0 Å². The standard InChI is InChI=1S/C18H29N3O3S/c1-13(2)12-20-6-8-21(9-7-20)18(22)16-10-14(3)15(4)17(11-16)25(23,24)19-5/h10-11,13,19H,6-9,12H2,1-5H3. The van der Waals surface area contributed by atoms with Crippen LogP contribution in [-0.4, -0.2) is 63.9 Å². The van der Waals surface area contributed by atoms with Gasteiger partial charge in [0.25, 0.3) is 5.91 Å². The first kappa shape index (κ1) is 19.9. The summed E-state index contributed by atoms with van der Waals surface area (Å²) in [7, 11) is -2.21. The summed E-state index contributed by atoms with van der Waals surface area (Å²) in [6, 6.07) is 3.28. The van der Waals surface area contributed by atoms with Gasteiger partial charge in [-0.15, -0.1) is 0 Å². The van der Waals surface area contributed by atoms with E-state index in [1.165, 1.54) is 13.1 Å². The minimum Gasteiger partial charge on any atom is -0.336 e. The molecule has 0 saturated carbocycles. The molecule has 1 aromatic rings. The van der Waals surface area contributed by atoms with Crippen molar-refractivity contribution in [2.75, 3.05) is 39.8 Å². The number of rotatable bonds is 5. The van der Waals surface area contributed by atoms with Gasteiger partial charge in [-0.05, 0) is 50.1 Å². The first-order valence-electron chi connectivity index (χ1n) is 8.72. The van der Waals surface area contributed by atoms with E-state index in [0.717, 1.165) is 25.2 Å². The third-order valence-electron chi connectivity index (χ3n) is 4.71. The number of nitrogens with one attached hydrogen (secondary N) is 1. The Morgan fingerprint density at radius 2 is 1.76 bits per heavy atom. The van der Waals surface area contributed by atoms with Crippen molar-refractivity contribution >= 4 is 15.9 Å². The molecule has 1 saturated heterocycles. The molecule has 0 aromatic heterocycles. The highest BCUT2D eigenvalue weighted by Gasteiger charge is 2.25.